The molecule has 0 unspecified atom stereocenters. The Hall–Kier alpha value is -1.15. The zero-order chi connectivity index (χ0) is 11.6. The average molecular weight is 217 g/mol. The van der Waals surface area contributed by atoms with Crippen molar-refractivity contribution in [1.29, 1.82) is 0 Å². The van der Waals surface area contributed by atoms with E-state index in [-0.39, 0.29) is 5.54 Å². The summed E-state index contributed by atoms with van der Waals surface area (Å²) in [5.41, 5.74) is 1.02. The van der Waals surface area contributed by atoms with Crippen LogP contribution in [0.25, 0.3) is 0 Å². The molecule has 2 atom stereocenters. The van der Waals surface area contributed by atoms with Crippen LogP contribution in [-0.2, 0) is 4.79 Å². The third-order valence-corrected chi connectivity index (χ3v) is 3.74. The van der Waals surface area contributed by atoms with E-state index in [9.17, 15) is 4.79 Å². The lowest BCUT2D eigenvalue weighted by Crippen LogP contribution is -2.43. The van der Waals surface area contributed by atoms with Gasteiger partial charge in [-0.3, -0.25) is 4.90 Å². The Balaban J connectivity index is 2.22. The summed E-state index contributed by atoms with van der Waals surface area (Å²) < 4.78 is 0. The van der Waals surface area contributed by atoms with Gasteiger partial charge in [-0.1, -0.05) is 30.3 Å². The number of carbonyl (C=O) groups excluding carboxylic acids is 1. The third kappa shape index (κ3) is 1.90. The largest absolute Gasteiger partial charge is 0.301 e. The van der Waals surface area contributed by atoms with Gasteiger partial charge >= 0.3 is 0 Å². The second-order valence-electron chi connectivity index (χ2n) is 4.86. The van der Waals surface area contributed by atoms with Crippen molar-refractivity contribution in [1.82, 2.24) is 4.90 Å². The van der Waals surface area contributed by atoms with Gasteiger partial charge in [0.25, 0.3) is 0 Å². The predicted octanol–water partition coefficient (Wildman–Crippen LogP) is 2.80. The first kappa shape index (κ1) is 11.3. The number of benzene rings is 1. The SMILES string of the molecule is C[C@@H](c1ccccc1)N1CCC[C@]1(C)C=O. The number of rotatable bonds is 3. The molecule has 2 rings (SSSR count). The van der Waals surface area contributed by atoms with Crippen molar-refractivity contribution in [2.24, 2.45) is 0 Å². The lowest BCUT2D eigenvalue weighted by molar-refractivity contribution is -0.117. The van der Waals surface area contributed by atoms with Crippen molar-refractivity contribution in [3.63, 3.8) is 0 Å². The van der Waals surface area contributed by atoms with Crippen molar-refractivity contribution in [2.75, 3.05) is 6.54 Å². The van der Waals surface area contributed by atoms with Crippen LogP contribution in [0.5, 0.6) is 0 Å². The van der Waals surface area contributed by atoms with Crippen LogP contribution in [-0.4, -0.2) is 23.3 Å². The highest BCUT2D eigenvalue weighted by Crippen LogP contribution is 2.35. The predicted molar refractivity (Wildman–Crippen MR) is 65.3 cm³/mol. The fraction of sp³-hybridized carbons (Fsp3) is 0.500. The van der Waals surface area contributed by atoms with Crippen molar-refractivity contribution >= 4 is 6.29 Å². The van der Waals surface area contributed by atoms with E-state index in [1.165, 1.54) is 5.56 Å². The van der Waals surface area contributed by atoms with Gasteiger partial charge in [0.15, 0.2) is 0 Å². The van der Waals surface area contributed by atoms with Crippen LogP contribution in [0.15, 0.2) is 30.3 Å². The summed E-state index contributed by atoms with van der Waals surface area (Å²) in [5.74, 6) is 0. The van der Waals surface area contributed by atoms with Crippen LogP contribution in [0.3, 0.4) is 0 Å². The molecule has 1 saturated heterocycles. The van der Waals surface area contributed by atoms with Gasteiger partial charge in [0, 0.05) is 6.04 Å². The Kier molecular flexibility index (Phi) is 3.10. The molecule has 86 valence electrons. The second kappa shape index (κ2) is 4.38. The zero-order valence-corrected chi connectivity index (χ0v) is 10.0. The van der Waals surface area contributed by atoms with Crippen molar-refractivity contribution in [3.05, 3.63) is 35.9 Å². The maximum Gasteiger partial charge on any atom is 0.139 e. The molecule has 1 aliphatic rings. The number of nitrogens with zero attached hydrogens (tertiary/aromatic N) is 1. The van der Waals surface area contributed by atoms with Gasteiger partial charge in [0.1, 0.15) is 6.29 Å². The fourth-order valence-corrected chi connectivity index (χ4v) is 2.68. The fourth-order valence-electron chi connectivity index (χ4n) is 2.68. The minimum absolute atomic E-state index is 0.269. The maximum atomic E-state index is 11.2. The van der Waals surface area contributed by atoms with E-state index in [0.717, 1.165) is 25.7 Å². The molecule has 1 aliphatic heterocycles. The minimum Gasteiger partial charge on any atom is -0.301 e. The molecule has 0 N–H and O–H groups in total. The molecular weight excluding hydrogens is 198 g/mol. The number of hydrogen-bond donors (Lipinski definition) is 0. The summed E-state index contributed by atoms with van der Waals surface area (Å²) in [4.78, 5) is 13.5. The summed E-state index contributed by atoms with van der Waals surface area (Å²) in [5, 5.41) is 0. The van der Waals surface area contributed by atoms with Gasteiger partial charge in [0.05, 0.1) is 5.54 Å². The first-order valence-electron chi connectivity index (χ1n) is 5.95. The Morgan fingerprint density at radius 1 is 1.38 bits per heavy atom. The smallest absolute Gasteiger partial charge is 0.139 e. The first-order chi connectivity index (χ1) is 7.67. The zero-order valence-electron chi connectivity index (χ0n) is 10.0. The standard InChI is InChI=1S/C14H19NO/c1-12(13-7-4-3-5-8-13)15-10-6-9-14(15,2)11-16/h3-5,7-8,11-12H,6,9-10H2,1-2H3/t12-,14+/m0/s1. The Morgan fingerprint density at radius 3 is 2.69 bits per heavy atom. The summed E-state index contributed by atoms with van der Waals surface area (Å²) in [6.07, 6.45) is 3.21. The van der Waals surface area contributed by atoms with Crippen molar-refractivity contribution < 1.29 is 4.79 Å². The molecule has 1 aromatic carbocycles. The molecule has 0 spiro atoms. The Bertz CT molecular complexity index is 362. The topological polar surface area (TPSA) is 20.3 Å². The molecule has 0 aromatic heterocycles. The summed E-state index contributed by atoms with van der Waals surface area (Å²) in [6, 6.07) is 10.7. The maximum absolute atomic E-state index is 11.2. The second-order valence-corrected chi connectivity index (χ2v) is 4.86. The van der Waals surface area contributed by atoms with E-state index in [4.69, 9.17) is 0 Å². The number of aldehydes is 1. The number of carbonyl (C=O) groups is 1. The highest BCUT2D eigenvalue weighted by molar-refractivity contribution is 5.64. The van der Waals surface area contributed by atoms with Crippen LogP contribution < -0.4 is 0 Å². The highest BCUT2D eigenvalue weighted by Gasteiger charge is 2.39. The van der Waals surface area contributed by atoms with E-state index in [2.05, 4.69) is 36.1 Å². The molecule has 1 heterocycles. The molecule has 0 aliphatic carbocycles. The summed E-state index contributed by atoms with van der Waals surface area (Å²) >= 11 is 0. The summed E-state index contributed by atoms with van der Waals surface area (Å²) in [6.45, 7) is 5.25. The van der Waals surface area contributed by atoms with Crippen LogP contribution in [0.4, 0.5) is 0 Å². The van der Waals surface area contributed by atoms with Gasteiger partial charge < -0.3 is 4.79 Å². The lowest BCUT2D eigenvalue weighted by atomic mass is 9.97. The van der Waals surface area contributed by atoms with Crippen LogP contribution in [0.1, 0.15) is 38.3 Å². The number of hydrogen-bond acceptors (Lipinski definition) is 2. The Labute approximate surface area is 97.3 Å². The lowest BCUT2D eigenvalue weighted by Gasteiger charge is -2.35. The molecule has 2 nitrogen and oxygen atoms in total. The first-order valence-corrected chi connectivity index (χ1v) is 5.95. The molecule has 2 heteroatoms. The molecule has 0 amide bonds. The molecule has 0 radical (unpaired) electrons. The van der Waals surface area contributed by atoms with Crippen LogP contribution >= 0.6 is 0 Å². The molecule has 1 fully saturated rings. The monoisotopic (exact) mass is 217 g/mol. The van der Waals surface area contributed by atoms with Gasteiger partial charge in [-0.15, -0.1) is 0 Å². The highest BCUT2D eigenvalue weighted by atomic mass is 16.1. The van der Waals surface area contributed by atoms with E-state index in [1.54, 1.807) is 0 Å². The van der Waals surface area contributed by atoms with Crippen molar-refractivity contribution in [2.45, 2.75) is 38.3 Å². The van der Waals surface area contributed by atoms with E-state index < -0.39 is 0 Å². The van der Waals surface area contributed by atoms with Crippen LogP contribution in [0.2, 0.25) is 0 Å². The van der Waals surface area contributed by atoms with E-state index >= 15 is 0 Å². The normalized spacial score (nSPS) is 27.9. The quantitative estimate of drug-likeness (QED) is 0.726. The molecule has 0 bridgehead atoms. The van der Waals surface area contributed by atoms with Gasteiger partial charge in [-0.25, -0.2) is 0 Å². The third-order valence-electron chi connectivity index (χ3n) is 3.74. The molecule has 0 saturated carbocycles. The molecular formula is C14H19NO. The molecule has 1 aromatic rings. The number of likely N-dealkylation sites (tertiary alicyclic amines) is 1. The van der Waals surface area contributed by atoms with Gasteiger partial charge in [-0.2, -0.15) is 0 Å². The summed E-state index contributed by atoms with van der Waals surface area (Å²) in [7, 11) is 0. The van der Waals surface area contributed by atoms with Crippen LogP contribution in [0, 0.1) is 0 Å². The minimum atomic E-state index is -0.269. The van der Waals surface area contributed by atoms with Crippen molar-refractivity contribution in [3.8, 4) is 0 Å². The van der Waals surface area contributed by atoms with E-state index in [0.29, 0.717) is 6.04 Å². The average Bonchev–Trinajstić information content (AvgIpc) is 2.72. The molecule has 16 heavy (non-hydrogen) atoms. The van der Waals surface area contributed by atoms with E-state index in [1.807, 2.05) is 13.0 Å². The van der Waals surface area contributed by atoms with Gasteiger partial charge in [0.2, 0.25) is 0 Å². The Morgan fingerprint density at radius 2 is 2.06 bits per heavy atom. The van der Waals surface area contributed by atoms with Gasteiger partial charge in [-0.05, 0) is 38.8 Å².